The van der Waals surface area contributed by atoms with E-state index in [2.05, 4.69) is 65.7 Å². The van der Waals surface area contributed by atoms with Crippen molar-refractivity contribution in [3.8, 4) is 5.75 Å². The molecule has 11 heteroatoms. The van der Waals surface area contributed by atoms with Crippen LogP contribution >= 0.6 is 0 Å². The Labute approximate surface area is 235 Å². The van der Waals surface area contributed by atoms with E-state index in [4.69, 9.17) is 4.74 Å². The van der Waals surface area contributed by atoms with Crippen LogP contribution in [-0.4, -0.2) is 61.9 Å². The summed E-state index contributed by atoms with van der Waals surface area (Å²) in [6, 6.07) is 23.2. The quantitative estimate of drug-likeness (QED) is 0.294. The maximum Gasteiger partial charge on any atom is 0.232 e. The smallest absolute Gasteiger partial charge is 0.232 e. The third kappa shape index (κ3) is 5.94. The van der Waals surface area contributed by atoms with Crippen LogP contribution < -0.4 is 25.2 Å². The summed E-state index contributed by atoms with van der Waals surface area (Å²) in [6.45, 7) is 6.99. The standard InChI is InChI=1S/C29H33N7O3S/c1-21(2)40(37,38)27-12-8-7-11-25(27)33-29-31-20-30-28(34-29)32-24-14-13-23(19-26(24)39-3)36-17-15-35(16-18-36)22-9-5-4-6-10-22/h4-14,19-21H,15-18H2,1-3H3,(H2,30,31,32,33,34). The molecule has 1 fully saturated rings. The van der Waals surface area contributed by atoms with Crippen molar-refractivity contribution in [1.82, 2.24) is 15.0 Å². The minimum atomic E-state index is -3.50. The van der Waals surface area contributed by atoms with Gasteiger partial charge in [0.05, 0.1) is 28.6 Å². The van der Waals surface area contributed by atoms with Crippen LogP contribution in [0, 0.1) is 0 Å². The van der Waals surface area contributed by atoms with Gasteiger partial charge in [0.2, 0.25) is 11.9 Å². The van der Waals surface area contributed by atoms with Crippen LogP contribution in [0.25, 0.3) is 0 Å². The molecular formula is C29H33N7O3S. The van der Waals surface area contributed by atoms with Gasteiger partial charge in [-0.15, -0.1) is 0 Å². The average molecular weight is 560 g/mol. The Balaban J connectivity index is 1.29. The molecule has 40 heavy (non-hydrogen) atoms. The summed E-state index contributed by atoms with van der Waals surface area (Å²) in [4.78, 5) is 17.8. The molecule has 4 aromatic rings. The molecule has 3 aromatic carbocycles. The van der Waals surface area contributed by atoms with Gasteiger partial charge in [-0.05, 0) is 50.2 Å². The molecule has 1 aromatic heterocycles. The Hall–Kier alpha value is -4.38. The summed E-state index contributed by atoms with van der Waals surface area (Å²) < 4.78 is 31.3. The number of para-hydroxylation sites is 2. The molecule has 0 saturated carbocycles. The van der Waals surface area contributed by atoms with E-state index in [1.807, 2.05) is 18.2 Å². The van der Waals surface area contributed by atoms with Crippen molar-refractivity contribution in [2.75, 3.05) is 53.7 Å². The Morgan fingerprint density at radius 2 is 1.38 bits per heavy atom. The van der Waals surface area contributed by atoms with Crippen LogP contribution in [-0.2, 0) is 9.84 Å². The van der Waals surface area contributed by atoms with Crippen molar-refractivity contribution in [2.45, 2.75) is 24.0 Å². The molecule has 0 unspecified atom stereocenters. The van der Waals surface area contributed by atoms with Crippen LogP contribution in [0.2, 0.25) is 0 Å². The van der Waals surface area contributed by atoms with E-state index in [0.717, 1.165) is 31.9 Å². The van der Waals surface area contributed by atoms with Crippen molar-refractivity contribution in [1.29, 1.82) is 0 Å². The molecule has 1 saturated heterocycles. The maximum atomic E-state index is 12.8. The molecule has 0 bridgehead atoms. The molecular weight excluding hydrogens is 526 g/mol. The second kappa shape index (κ2) is 11.8. The highest BCUT2D eigenvalue weighted by atomic mass is 32.2. The van der Waals surface area contributed by atoms with E-state index < -0.39 is 15.1 Å². The van der Waals surface area contributed by atoms with Crippen LogP contribution in [0.4, 0.5) is 34.6 Å². The fraction of sp³-hybridized carbons (Fsp3) is 0.276. The highest BCUT2D eigenvalue weighted by molar-refractivity contribution is 7.92. The normalized spacial score (nSPS) is 13.8. The van der Waals surface area contributed by atoms with E-state index in [0.29, 0.717) is 23.1 Å². The Morgan fingerprint density at radius 3 is 2.02 bits per heavy atom. The number of hydrogen-bond acceptors (Lipinski definition) is 10. The topological polar surface area (TPSA) is 113 Å². The molecule has 0 aliphatic carbocycles. The molecule has 208 valence electrons. The number of aromatic nitrogens is 3. The lowest BCUT2D eigenvalue weighted by Crippen LogP contribution is -2.46. The number of hydrogen-bond donors (Lipinski definition) is 2. The first kappa shape index (κ1) is 27.2. The van der Waals surface area contributed by atoms with E-state index in [9.17, 15) is 8.42 Å². The molecule has 1 aliphatic heterocycles. The molecule has 2 N–H and O–H groups in total. The molecule has 1 aliphatic rings. The van der Waals surface area contributed by atoms with Crippen LogP contribution in [0.1, 0.15) is 13.8 Å². The zero-order chi connectivity index (χ0) is 28.1. The van der Waals surface area contributed by atoms with Crippen LogP contribution in [0.5, 0.6) is 5.75 Å². The van der Waals surface area contributed by atoms with Gasteiger partial charge in [0.15, 0.2) is 9.84 Å². The highest BCUT2D eigenvalue weighted by Gasteiger charge is 2.23. The predicted octanol–water partition coefficient (Wildman–Crippen LogP) is 4.88. The van der Waals surface area contributed by atoms with Gasteiger partial charge in [-0.2, -0.15) is 4.98 Å². The molecule has 5 rings (SSSR count). The SMILES string of the molecule is COc1cc(N2CCN(c3ccccc3)CC2)ccc1Nc1ncnc(Nc2ccccc2S(=O)(=O)C(C)C)n1. The molecule has 0 atom stereocenters. The van der Waals surface area contributed by atoms with Crippen molar-refractivity contribution in [3.05, 3.63) is 79.1 Å². The zero-order valence-electron chi connectivity index (χ0n) is 22.8. The minimum absolute atomic E-state index is 0.196. The lowest BCUT2D eigenvalue weighted by atomic mass is 10.2. The summed E-state index contributed by atoms with van der Waals surface area (Å²) in [5.74, 6) is 1.17. The zero-order valence-corrected chi connectivity index (χ0v) is 23.6. The first-order valence-corrected chi connectivity index (χ1v) is 14.7. The van der Waals surface area contributed by atoms with Crippen molar-refractivity contribution >= 4 is 44.5 Å². The lowest BCUT2D eigenvalue weighted by molar-refractivity contribution is 0.416. The van der Waals surface area contributed by atoms with Gasteiger partial charge in [0.1, 0.15) is 12.1 Å². The molecule has 10 nitrogen and oxygen atoms in total. The lowest BCUT2D eigenvalue weighted by Gasteiger charge is -2.37. The fourth-order valence-electron chi connectivity index (χ4n) is 4.57. The molecule has 0 spiro atoms. The summed E-state index contributed by atoms with van der Waals surface area (Å²) in [7, 11) is -1.87. The second-order valence-electron chi connectivity index (χ2n) is 9.67. The summed E-state index contributed by atoms with van der Waals surface area (Å²) >= 11 is 0. The first-order valence-electron chi connectivity index (χ1n) is 13.1. The predicted molar refractivity (Wildman–Crippen MR) is 159 cm³/mol. The Kier molecular flexibility index (Phi) is 8.01. The number of anilines is 6. The monoisotopic (exact) mass is 559 g/mol. The van der Waals surface area contributed by atoms with Crippen molar-refractivity contribution in [3.63, 3.8) is 0 Å². The second-order valence-corrected chi connectivity index (χ2v) is 12.1. The van der Waals surface area contributed by atoms with Crippen molar-refractivity contribution < 1.29 is 13.2 Å². The number of piperazine rings is 1. The largest absolute Gasteiger partial charge is 0.494 e. The summed E-state index contributed by atoms with van der Waals surface area (Å²) in [5, 5.41) is 5.67. The van der Waals surface area contributed by atoms with E-state index in [-0.39, 0.29) is 10.8 Å². The highest BCUT2D eigenvalue weighted by Crippen LogP contribution is 2.33. The maximum absolute atomic E-state index is 12.8. The van der Waals surface area contributed by atoms with E-state index in [1.165, 1.54) is 12.0 Å². The third-order valence-electron chi connectivity index (χ3n) is 6.83. The summed E-state index contributed by atoms with van der Waals surface area (Å²) in [6.07, 6.45) is 1.37. The number of benzene rings is 3. The van der Waals surface area contributed by atoms with Crippen molar-refractivity contribution in [2.24, 2.45) is 0 Å². The molecule has 0 amide bonds. The number of nitrogens with one attached hydrogen (secondary N) is 2. The summed E-state index contributed by atoms with van der Waals surface area (Å²) in [5.41, 5.74) is 3.43. The van der Waals surface area contributed by atoms with Crippen LogP contribution in [0.15, 0.2) is 84.0 Å². The third-order valence-corrected chi connectivity index (χ3v) is 9.04. The van der Waals surface area contributed by atoms with Gasteiger partial charge < -0.3 is 25.2 Å². The Morgan fingerprint density at radius 1 is 0.775 bits per heavy atom. The minimum Gasteiger partial charge on any atom is -0.494 e. The number of methoxy groups -OCH3 is 1. The number of rotatable bonds is 9. The molecule has 0 radical (unpaired) electrons. The first-order chi connectivity index (χ1) is 19.3. The average Bonchev–Trinajstić information content (AvgIpc) is 2.98. The number of ether oxygens (including phenoxy) is 1. The van der Waals surface area contributed by atoms with Gasteiger partial charge >= 0.3 is 0 Å². The van der Waals surface area contributed by atoms with E-state index in [1.54, 1.807) is 45.2 Å². The van der Waals surface area contributed by atoms with Gasteiger partial charge in [-0.1, -0.05) is 30.3 Å². The Bertz CT molecular complexity index is 1560. The fourth-order valence-corrected chi connectivity index (χ4v) is 5.77. The number of sulfone groups is 1. The van der Waals surface area contributed by atoms with Gasteiger partial charge in [-0.25, -0.2) is 18.4 Å². The van der Waals surface area contributed by atoms with Crippen LogP contribution in [0.3, 0.4) is 0 Å². The number of nitrogens with zero attached hydrogens (tertiary/aromatic N) is 5. The van der Waals surface area contributed by atoms with Gasteiger partial charge in [0.25, 0.3) is 0 Å². The van der Waals surface area contributed by atoms with Gasteiger partial charge in [0, 0.05) is 43.6 Å². The van der Waals surface area contributed by atoms with E-state index >= 15 is 0 Å². The molecule has 2 heterocycles. The van der Waals surface area contributed by atoms with Gasteiger partial charge in [-0.3, -0.25) is 0 Å².